The monoisotopic (exact) mass is 1910 g/mol. The number of amides is 6. The molecule has 131 heavy (non-hydrogen) atoms. The van der Waals surface area contributed by atoms with Gasteiger partial charge in [-0.15, -0.1) is 0 Å². The molecule has 3 aromatic carbocycles. The molecule has 12 aliphatic rings. The van der Waals surface area contributed by atoms with Crippen LogP contribution in [0.5, 0.6) is 34.9 Å². The fourth-order valence-electron chi connectivity index (χ4n) is 21.2. The number of alkyl carbamates (subject to hydrolysis) is 3. The van der Waals surface area contributed by atoms with Gasteiger partial charge in [0.25, 0.3) is 0 Å². The Balaban J connectivity index is 0.000000165. The van der Waals surface area contributed by atoms with Crippen molar-refractivity contribution in [3.63, 3.8) is 0 Å². The van der Waals surface area contributed by atoms with Crippen LogP contribution in [-0.2, 0) is 118 Å². The summed E-state index contributed by atoms with van der Waals surface area (Å²) in [6, 6.07) is 11.7. The van der Waals surface area contributed by atoms with Crippen LogP contribution in [0.1, 0.15) is 229 Å². The largest absolute Gasteiger partial charge is 0.540 e. The first-order valence-electron chi connectivity index (χ1n) is 46.6. The van der Waals surface area contributed by atoms with Crippen LogP contribution in [0.3, 0.4) is 0 Å². The minimum Gasteiger partial charge on any atom is -0.540 e. The van der Waals surface area contributed by atoms with Crippen molar-refractivity contribution in [3.8, 4) is 34.9 Å². The number of aromatic nitrogens is 6. The molecular formula is C98H127N12O18V3-3. The van der Waals surface area contributed by atoms with Crippen LogP contribution in [0.25, 0.3) is 33.1 Å². The number of hydrogen-bond acceptors (Lipinski definition) is 24. The standard InChI is InChI=1S/2C33H43N4O6.C32H41N4O6.3V/c1-6-21-25(18-38)37-17-27(21)42-29-23(34-22-10-9-20(41-5)15-24(22)35-29)8-7-11-33(12-13-33)16-19-14-26(19)43-31(40)36-28(30(37)39)32(2,3)4;1-6-20-25(18-38)37-17-27(20)42-29-23(34-22-11-10-19(41-5)15-24(22)35-29)9-7-8-12-33(13-14-33)21-16-26(21)43-31(40)36-28(30(37)39)32(2,3)4;1-18-24(17-37)36-16-26(18)41-28-22(33-21-10-9-19(40-5)14-23(21)34-28)8-6-7-11-32(12-13-32)20-15-25(20)42-30(39)35-27(29(36)38)31(2,3)4;;;/h9-10,15,19,21,25-28H,6-8,11-14,16-17H2,1-5H3,(H,36,40);10-11,15,20-21,25-28H,6-9,12-14,16-17H2,1-5H3,(H,36,40);9-10,14,18,20,24-27H,6-8,11-13,15-16H2,1-5H3,(H,35,39);;;/q3*-1;;;/t19-,21-,25+,26+,27-,28+;20-,21+,25+,26+,27-,28+;18-,20+,24+,25+,26-,27+;;;/m000.../s1. The minimum absolute atomic E-state index is 0. The molecule has 705 valence electrons. The predicted octanol–water partition coefficient (Wildman–Crippen LogP) is 13.9. The molecule has 3 spiro atoms. The number of carbonyl (C=O) groups is 6. The van der Waals surface area contributed by atoms with Crippen molar-refractivity contribution in [1.29, 1.82) is 0 Å². The third kappa shape index (κ3) is 21.9. The van der Waals surface area contributed by atoms with Crippen molar-refractivity contribution in [2.24, 2.45) is 68.0 Å². The summed E-state index contributed by atoms with van der Waals surface area (Å²) in [5.41, 5.74) is 5.51. The smallest absolute Gasteiger partial charge is 0.408 e. The van der Waals surface area contributed by atoms with Gasteiger partial charge in [0.2, 0.25) is 35.4 Å². The number of fused-ring (bicyclic) bond motifs is 17. The number of rotatable bonds is 8. The van der Waals surface area contributed by atoms with Gasteiger partial charge in [-0.2, -0.15) is 0 Å². The molecule has 6 amide bonds. The summed E-state index contributed by atoms with van der Waals surface area (Å²) in [5, 5.41) is 8.57. The molecule has 18 atom stereocenters. The first kappa shape index (κ1) is 99.9. The Morgan fingerprint density at radius 3 is 1.08 bits per heavy atom. The van der Waals surface area contributed by atoms with E-state index in [1.165, 1.54) is 27.5 Å². The molecule has 3 aromatic heterocycles. The van der Waals surface area contributed by atoms with Gasteiger partial charge in [0.1, 0.15) is 89.1 Å². The van der Waals surface area contributed by atoms with Crippen LogP contribution in [0.15, 0.2) is 54.6 Å². The quantitative estimate of drug-likeness (QED) is 0.0941. The van der Waals surface area contributed by atoms with Gasteiger partial charge in [0, 0.05) is 91.6 Å². The first-order valence-corrected chi connectivity index (χ1v) is 46.6. The summed E-state index contributed by atoms with van der Waals surface area (Å²) >= 11 is 0. The van der Waals surface area contributed by atoms with E-state index in [4.69, 9.17) is 72.5 Å². The Kier molecular flexibility index (Phi) is 30.6. The van der Waals surface area contributed by atoms with Gasteiger partial charge in [0.05, 0.1) is 74.1 Å². The Labute approximate surface area is 803 Å². The zero-order valence-electron chi connectivity index (χ0n) is 78.2. The number of aryl methyl sites for hydroxylation is 3. The van der Waals surface area contributed by atoms with E-state index in [2.05, 4.69) is 34.8 Å². The second-order valence-electron chi connectivity index (χ2n) is 41.7. The van der Waals surface area contributed by atoms with Gasteiger partial charge in [-0.1, -0.05) is 127 Å². The van der Waals surface area contributed by atoms with Crippen LogP contribution in [-0.4, -0.2) is 213 Å². The summed E-state index contributed by atoms with van der Waals surface area (Å²) < 4.78 is 53.5. The van der Waals surface area contributed by atoms with Gasteiger partial charge < -0.3 is 87.7 Å². The zero-order valence-corrected chi connectivity index (χ0v) is 82.4. The Morgan fingerprint density at radius 1 is 0.405 bits per heavy atom. The van der Waals surface area contributed by atoms with E-state index in [0.29, 0.717) is 107 Å². The van der Waals surface area contributed by atoms with Crippen molar-refractivity contribution in [3.05, 3.63) is 71.7 Å². The van der Waals surface area contributed by atoms with Gasteiger partial charge in [-0.05, 0) is 209 Å². The molecule has 6 aromatic rings. The molecule has 3 N–H and O–H groups in total. The number of hydrogen-bond donors (Lipinski definition) is 3. The molecule has 6 saturated carbocycles. The van der Waals surface area contributed by atoms with E-state index in [1.54, 1.807) is 21.3 Å². The number of methoxy groups -OCH3 is 3. The van der Waals surface area contributed by atoms with E-state index < -0.39 is 89.1 Å². The number of nitrogens with zero attached hydrogens (tertiary/aromatic N) is 9. The Hall–Kier alpha value is -8.54. The van der Waals surface area contributed by atoms with Crippen LogP contribution < -0.4 is 44.4 Å². The molecule has 9 fully saturated rings. The minimum atomic E-state index is -0.888. The van der Waals surface area contributed by atoms with E-state index in [-0.39, 0.29) is 140 Å². The van der Waals surface area contributed by atoms with Crippen LogP contribution in [0.2, 0.25) is 0 Å². The maximum atomic E-state index is 14.1. The molecule has 6 aliphatic heterocycles. The molecule has 6 bridgehead atoms. The number of carbonyl (C=O) groups excluding carboxylic acids is 9. The molecule has 0 unspecified atom stereocenters. The molecule has 3 saturated heterocycles. The molecule has 30 nitrogen and oxygen atoms in total. The molecule has 6 aliphatic carbocycles. The second kappa shape index (κ2) is 40.2. The van der Waals surface area contributed by atoms with E-state index in [9.17, 15) is 43.2 Å². The number of nitrogens with one attached hydrogen (secondary N) is 3. The van der Waals surface area contributed by atoms with Crippen molar-refractivity contribution in [1.82, 2.24) is 60.6 Å². The van der Waals surface area contributed by atoms with Crippen LogP contribution in [0.4, 0.5) is 14.4 Å². The molecule has 9 heterocycles. The average molecular weight is 1910 g/mol. The van der Waals surface area contributed by atoms with Crippen molar-refractivity contribution < 1.29 is 141 Å². The van der Waals surface area contributed by atoms with Gasteiger partial charge >= 0.3 is 18.3 Å². The van der Waals surface area contributed by atoms with Gasteiger partial charge in [-0.3, -0.25) is 14.4 Å². The fourth-order valence-corrected chi connectivity index (χ4v) is 21.2. The Bertz CT molecular complexity index is 5210. The number of ether oxygens (including phenoxy) is 9. The van der Waals surface area contributed by atoms with E-state index >= 15 is 0 Å². The third-order valence-electron chi connectivity index (χ3n) is 29.7. The Morgan fingerprint density at radius 2 is 0.748 bits per heavy atom. The zero-order chi connectivity index (χ0) is 90.8. The summed E-state index contributed by atoms with van der Waals surface area (Å²) in [7, 11) is 4.83. The maximum absolute atomic E-state index is 14.1. The molecule has 3 radical (unpaired) electrons. The van der Waals surface area contributed by atoms with Gasteiger partial charge in [0.15, 0.2) is 0 Å². The van der Waals surface area contributed by atoms with Gasteiger partial charge in [-0.25, -0.2) is 63.1 Å². The number of benzene rings is 3. The normalized spacial score (nSPS) is 30.1. The third-order valence-corrected chi connectivity index (χ3v) is 29.7. The fraction of sp³-hybridized carbons (Fsp3) is 0.663. The average Bonchev–Trinajstić information content (AvgIpc) is 1.54. The summed E-state index contributed by atoms with van der Waals surface area (Å²) in [6.07, 6.45) is 24.8. The first-order chi connectivity index (χ1) is 61.1. The summed E-state index contributed by atoms with van der Waals surface area (Å²) in [6.45, 7) is 23.4. The summed E-state index contributed by atoms with van der Waals surface area (Å²) in [4.78, 5) is 152. The predicted molar refractivity (Wildman–Crippen MR) is 474 cm³/mol. The topological polar surface area (TPSA) is 360 Å². The molecular weight excluding hydrogens is 1790 g/mol. The summed E-state index contributed by atoms with van der Waals surface area (Å²) in [5.74, 6) is 2.42. The molecule has 18 rings (SSSR count). The van der Waals surface area contributed by atoms with E-state index in [1.807, 2.05) is 138 Å². The molecule has 33 heteroatoms. The van der Waals surface area contributed by atoms with Crippen LogP contribution in [0, 0.1) is 68.0 Å². The van der Waals surface area contributed by atoms with Crippen molar-refractivity contribution >= 4 is 88.0 Å². The van der Waals surface area contributed by atoms with E-state index in [0.717, 1.165) is 136 Å². The van der Waals surface area contributed by atoms with Crippen molar-refractivity contribution in [2.45, 2.75) is 304 Å². The second-order valence-corrected chi connectivity index (χ2v) is 41.7. The van der Waals surface area contributed by atoms with Crippen molar-refractivity contribution in [2.75, 3.05) is 41.0 Å². The van der Waals surface area contributed by atoms with Crippen LogP contribution >= 0.6 is 0 Å². The SMILES string of the molecule is CC[C@@H]1[C@@H]2CN(C(=O)[C@H](C(C)(C)C)NC(=O)O[C@@H]3C[C@H]3C3(CCCCc4nc5ccc(OC)cc5nc4O2)CC3)[C@@H]1[C-]=O.CC[C@@H]1[C@@H]2CN(C(=O)[C@H](C(C)(C)C)NC(=O)O[C@@H]3C[C@H]3CC3(CCCc4nc5ccc(OC)cc5nc4O2)CC3)[C@@H]1[C-]=O.COc1ccc2nc3c(nc2c1)O[C@H]1CN(C(=O)[C@H](C(C)(C)C)NC(=O)O[C@@H]2C[C@H]2C2(CCCC3)CC2)[C@H]([C-]=O)[C@@H]1C.[V].[V].[V]. The maximum Gasteiger partial charge on any atom is 0.408 e.